The van der Waals surface area contributed by atoms with E-state index < -0.39 is 0 Å². The van der Waals surface area contributed by atoms with E-state index >= 15 is 0 Å². The van der Waals surface area contributed by atoms with Gasteiger partial charge in [-0.1, -0.05) is 26.0 Å². The minimum Gasteiger partial charge on any atom is -0.343 e. The number of halogens is 1. The molecule has 2 saturated heterocycles. The fourth-order valence-electron chi connectivity index (χ4n) is 5.45. The first-order valence-electron chi connectivity index (χ1n) is 12.4. The number of amides is 1. The molecule has 1 aromatic carbocycles. The van der Waals surface area contributed by atoms with Crippen LogP contribution in [0, 0.1) is 11.7 Å². The van der Waals surface area contributed by atoms with Crippen molar-refractivity contribution in [3.8, 4) is 5.95 Å². The van der Waals surface area contributed by atoms with Crippen LogP contribution < -0.4 is 0 Å². The maximum atomic E-state index is 14.7. The summed E-state index contributed by atoms with van der Waals surface area (Å²) in [5.41, 5.74) is 1.21. The number of para-hydroxylation sites is 1. The van der Waals surface area contributed by atoms with Crippen LogP contribution in [-0.4, -0.2) is 67.8 Å². The number of aromatic nitrogens is 4. The van der Waals surface area contributed by atoms with Gasteiger partial charge in [0.25, 0.3) is 5.95 Å². The van der Waals surface area contributed by atoms with Crippen LogP contribution in [0.25, 0.3) is 16.9 Å². The maximum absolute atomic E-state index is 14.7. The number of piperidine rings is 2. The molecule has 2 aliphatic rings. The second kappa shape index (κ2) is 9.44. The predicted molar refractivity (Wildman–Crippen MR) is 126 cm³/mol. The van der Waals surface area contributed by atoms with Gasteiger partial charge in [0, 0.05) is 37.9 Å². The molecule has 4 heterocycles. The van der Waals surface area contributed by atoms with Gasteiger partial charge in [-0.2, -0.15) is 14.8 Å². The Bertz CT molecular complexity index is 1160. The van der Waals surface area contributed by atoms with Gasteiger partial charge in [-0.05, 0) is 61.8 Å². The molecule has 2 fully saturated rings. The monoisotopic (exact) mass is 468 g/mol. The summed E-state index contributed by atoms with van der Waals surface area (Å²) in [5.74, 6) is 1.34. The molecule has 0 aliphatic carbocycles. The van der Waals surface area contributed by atoms with Crippen molar-refractivity contribution < 1.29 is 13.7 Å². The average molecular weight is 469 g/mol. The van der Waals surface area contributed by atoms with Crippen LogP contribution in [0.4, 0.5) is 4.39 Å². The summed E-state index contributed by atoms with van der Waals surface area (Å²) in [7, 11) is 0. The average Bonchev–Trinajstić information content (AvgIpc) is 3.45. The third-order valence-electron chi connectivity index (χ3n) is 7.41. The SMILES string of the molecule is CC(=O)N1CCC(N2CCC(Cc3nc(-n4nc(C(C)C)c5cccc(F)c54)no3)CC2)CC1. The van der Waals surface area contributed by atoms with E-state index in [0.29, 0.717) is 23.4 Å². The molecule has 0 radical (unpaired) electrons. The van der Waals surface area contributed by atoms with Gasteiger partial charge in [-0.15, -0.1) is 0 Å². The Morgan fingerprint density at radius 3 is 2.56 bits per heavy atom. The van der Waals surface area contributed by atoms with Crippen LogP contribution in [0.1, 0.15) is 64.0 Å². The molecule has 1 amide bonds. The first-order valence-corrected chi connectivity index (χ1v) is 12.4. The van der Waals surface area contributed by atoms with E-state index in [2.05, 4.69) is 20.1 Å². The zero-order valence-corrected chi connectivity index (χ0v) is 20.2. The second-order valence-electron chi connectivity index (χ2n) is 10.00. The molecule has 3 aromatic rings. The maximum Gasteiger partial charge on any atom is 0.291 e. The van der Waals surface area contributed by atoms with Crippen LogP contribution in [0.15, 0.2) is 22.7 Å². The summed E-state index contributed by atoms with van der Waals surface area (Å²) >= 11 is 0. The van der Waals surface area contributed by atoms with Crippen molar-refractivity contribution >= 4 is 16.8 Å². The number of rotatable bonds is 5. The normalized spacial score (nSPS) is 18.9. The predicted octanol–water partition coefficient (Wildman–Crippen LogP) is 3.94. The van der Waals surface area contributed by atoms with Crippen molar-refractivity contribution in [1.29, 1.82) is 0 Å². The van der Waals surface area contributed by atoms with Crippen molar-refractivity contribution in [3.63, 3.8) is 0 Å². The Balaban J connectivity index is 1.22. The molecule has 0 unspecified atom stereocenters. The van der Waals surface area contributed by atoms with Gasteiger partial charge in [0.05, 0.1) is 5.69 Å². The molecule has 0 saturated carbocycles. The number of nitrogens with zero attached hydrogens (tertiary/aromatic N) is 6. The van der Waals surface area contributed by atoms with Crippen LogP contribution >= 0.6 is 0 Å². The lowest BCUT2D eigenvalue weighted by atomic mass is 9.91. The molecule has 0 bridgehead atoms. The van der Waals surface area contributed by atoms with Gasteiger partial charge < -0.3 is 14.3 Å². The van der Waals surface area contributed by atoms with E-state index in [4.69, 9.17) is 4.52 Å². The van der Waals surface area contributed by atoms with E-state index in [9.17, 15) is 9.18 Å². The lowest BCUT2D eigenvalue weighted by Crippen LogP contribution is -2.48. The first-order chi connectivity index (χ1) is 16.4. The Morgan fingerprint density at radius 2 is 1.88 bits per heavy atom. The lowest BCUT2D eigenvalue weighted by Gasteiger charge is -2.41. The van der Waals surface area contributed by atoms with Crippen LogP contribution in [0.3, 0.4) is 0 Å². The van der Waals surface area contributed by atoms with E-state index in [-0.39, 0.29) is 23.6 Å². The van der Waals surface area contributed by atoms with Crippen LogP contribution in [0.5, 0.6) is 0 Å². The van der Waals surface area contributed by atoms with Crippen molar-refractivity contribution in [3.05, 3.63) is 35.6 Å². The van der Waals surface area contributed by atoms with Crippen molar-refractivity contribution in [1.82, 2.24) is 29.7 Å². The smallest absolute Gasteiger partial charge is 0.291 e. The quantitative estimate of drug-likeness (QED) is 0.564. The zero-order valence-electron chi connectivity index (χ0n) is 20.2. The third kappa shape index (κ3) is 4.45. The Kier molecular flexibility index (Phi) is 6.38. The summed E-state index contributed by atoms with van der Waals surface area (Å²) in [6, 6.07) is 5.60. The molecule has 0 atom stereocenters. The molecular formula is C25H33FN6O2. The van der Waals surface area contributed by atoms with Gasteiger partial charge in [0.1, 0.15) is 11.3 Å². The van der Waals surface area contributed by atoms with Gasteiger partial charge in [-0.3, -0.25) is 4.79 Å². The summed E-state index contributed by atoms with van der Waals surface area (Å²) < 4.78 is 21.7. The fraction of sp³-hybridized carbons (Fsp3) is 0.600. The third-order valence-corrected chi connectivity index (χ3v) is 7.41. The van der Waals surface area contributed by atoms with E-state index in [1.165, 1.54) is 10.7 Å². The molecular weight excluding hydrogens is 435 g/mol. The highest BCUT2D eigenvalue weighted by molar-refractivity contribution is 5.84. The first kappa shape index (κ1) is 23.0. The molecule has 0 spiro atoms. The molecule has 0 N–H and O–H groups in total. The van der Waals surface area contributed by atoms with Crippen molar-refractivity contribution in [2.24, 2.45) is 5.92 Å². The number of likely N-dealkylation sites (tertiary alicyclic amines) is 2. The van der Waals surface area contributed by atoms with E-state index in [1.807, 2.05) is 24.8 Å². The lowest BCUT2D eigenvalue weighted by molar-refractivity contribution is -0.130. The summed E-state index contributed by atoms with van der Waals surface area (Å²) in [5, 5.41) is 9.53. The zero-order chi connectivity index (χ0) is 23.8. The van der Waals surface area contributed by atoms with Crippen LogP contribution in [-0.2, 0) is 11.2 Å². The van der Waals surface area contributed by atoms with Gasteiger partial charge in [0.2, 0.25) is 11.8 Å². The van der Waals surface area contributed by atoms with Gasteiger partial charge >= 0.3 is 0 Å². The molecule has 5 rings (SSSR count). The topological polar surface area (TPSA) is 80.3 Å². The molecule has 2 aliphatic heterocycles. The standard InChI is InChI=1S/C25H33FN6O2/c1-16(2)23-20-5-4-6-21(26)24(20)32(28-23)25-27-22(34-29-25)15-18-7-11-31(12-8-18)19-9-13-30(14-10-19)17(3)33/h4-6,16,18-19H,7-15H2,1-3H3. The Labute approximate surface area is 199 Å². The number of carbonyl (C=O) groups is 1. The highest BCUT2D eigenvalue weighted by Gasteiger charge is 2.30. The van der Waals surface area contributed by atoms with Crippen molar-refractivity contribution in [2.45, 2.75) is 64.8 Å². The summed E-state index contributed by atoms with van der Waals surface area (Å²) in [6.07, 6.45) is 5.01. The highest BCUT2D eigenvalue weighted by atomic mass is 19.1. The van der Waals surface area contributed by atoms with Crippen molar-refractivity contribution in [2.75, 3.05) is 26.2 Å². The molecule has 182 valence electrons. The number of carbonyl (C=O) groups excluding carboxylic acids is 1. The minimum atomic E-state index is -0.343. The molecule has 34 heavy (non-hydrogen) atoms. The highest BCUT2D eigenvalue weighted by Crippen LogP contribution is 2.29. The molecule has 2 aromatic heterocycles. The van der Waals surface area contributed by atoms with E-state index in [1.54, 1.807) is 13.0 Å². The minimum absolute atomic E-state index is 0.150. The number of hydrogen-bond donors (Lipinski definition) is 0. The Hall–Kier alpha value is -2.81. The number of fused-ring (bicyclic) bond motifs is 1. The second-order valence-corrected chi connectivity index (χ2v) is 10.00. The summed E-state index contributed by atoms with van der Waals surface area (Å²) in [6.45, 7) is 9.59. The largest absolute Gasteiger partial charge is 0.343 e. The molecule has 9 heteroatoms. The Morgan fingerprint density at radius 1 is 1.15 bits per heavy atom. The molecule has 8 nitrogen and oxygen atoms in total. The van der Waals surface area contributed by atoms with Crippen LogP contribution in [0.2, 0.25) is 0 Å². The van der Waals surface area contributed by atoms with Gasteiger partial charge in [0.15, 0.2) is 0 Å². The van der Waals surface area contributed by atoms with E-state index in [0.717, 1.165) is 69.4 Å². The number of hydrogen-bond acceptors (Lipinski definition) is 6. The number of benzene rings is 1. The van der Waals surface area contributed by atoms with Gasteiger partial charge in [-0.25, -0.2) is 4.39 Å². The fourth-order valence-corrected chi connectivity index (χ4v) is 5.45. The summed E-state index contributed by atoms with van der Waals surface area (Å²) in [4.78, 5) is 20.7.